The Hall–Kier alpha value is -3.65. The van der Waals surface area contributed by atoms with Crippen LogP contribution in [0, 0.1) is 0 Å². The van der Waals surface area contributed by atoms with Crippen molar-refractivity contribution in [3.8, 4) is 5.75 Å². The molecular formula is C25H26N2O6. The molecule has 1 fully saturated rings. The van der Waals surface area contributed by atoms with Crippen molar-refractivity contribution in [1.29, 1.82) is 0 Å². The Morgan fingerprint density at radius 1 is 1.03 bits per heavy atom. The fourth-order valence-corrected chi connectivity index (χ4v) is 4.74. The molecule has 1 saturated heterocycles. The SMILES string of the molecule is CCN1C(=O)C2(/C(=C(\O)c3ccc(OC)cc3)C(=O)C(=O)N2CCCOC)c2ccccc21. The average Bonchev–Trinajstić information content (AvgIpc) is 3.22. The molecule has 4 rings (SSSR count). The summed E-state index contributed by atoms with van der Waals surface area (Å²) in [6.45, 7) is 2.65. The molecular weight excluding hydrogens is 424 g/mol. The van der Waals surface area contributed by atoms with Gasteiger partial charge in [0.15, 0.2) is 5.54 Å². The maximum atomic E-state index is 14.0. The Morgan fingerprint density at radius 2 is 1.73 bits per heavy atom. The van der Waals surface area contributed by atoms with E-state index in [1.54, 1.807) is 60.5 Å². The maximum absolute atomic E-state index is 14.0. The molecule has 0 saturated carbocycles. The Bertz CT molecular complexity index is 1140. The van der Waals surface area contributed by atoms with Gasteiger partial charge in [-0.15, -0.1) is 0 Å². The number of ether oxygens (including phenoxy) is 2. The lowest BCUT2D eigenvalue weighted by Crippen LogP contribution is -2.52. The van der Waals surface area contributed by atoms with Gasteiger partial charge in [-0.3, -0.25) is 14.4 Å². The number of ketones is 1. The van der Waals surface area contributed by atoms with Gasteiger partial charge in [0.1, 0.15) is 11.5 Å². The first-order valence-electron chi connectivity index (χ1n) is 10.8. The third-order valence-electron chi connectivity index (χ3n) is 6.22. The van der Waals surface area contributed by atoms with Gasteiger partial charge in [-0.05, 0) is 43.7 Å². The molecule has 1 spiro atoms. The largest absolute Gasteiger partial charge is 0.507 e. The minimum atomic E-state index is -1.74. The molecule has 1 N–H and O–H groups in total. The molecule has 8 nitrogen and oxygen atoms in total. The maximum Gasteiger partial charge on any atom is 0.296 e. The van der Waals surface area contributed by atoms with Gasteiger partial charge >= 0.3 is 0 Å². The molecule has 2 aliphatic heterocycles. The van der Waals surface area contributed by atoms with Crippen molar-refractivity contribution in [2.45, 2.75) is 18.9 Å². The Balaban J connectivity index is 2.00. The normalized spacial score (nSPS) is 21.2. The molecule has 8 heteroatoms. The van der Waals surface area contributed by atoms with Crippen LogP contribution in [-0.2, 0) is 24.7 Å². The molecule has 2 amide bonds. The number of aliphatic hydroxyl groups excluding tert-OH is 1. The minimum Gasteiger partial charge on any atom is -0.507 e. The zero-order valence-electron chi connectivity index (χ0n) is 18.8. The predicted octanol–water partition coefficient (Wildman–Crippen LogP) is 2.67. The van der Waals surface area contributed by atoms with Crippen LogP contribution in [0.4, 0.5) is 5.69 Å². The summed E-state index contributed by atoms with van der Waals surface area (Å²) >= 11 is 0. The number of Topliss-reactive ketones (excluding diaryl/α,β-unsaturated/α-hetero) is 1. The number of rotatable bonds is 7. The van der Waals surface area contributed by atoms with Crippen molar-refractivity contribution in [2.75, 3.05) is 38.8 Å². The standard InChI is InChI=1S/C25H26N2O6/c1-4-26-19-9-6-5-8-18(19)25(24(26)31)20(21(28)16-10-12-17(33-3)13-11-16)22(29)23(30)27(25)14-7-15-32-2/h5-6,8-13,28H,4,7,14-15H2,1-3H3/b21-20-. The first-order chi connectivity index (χ1) is 15.9. The number of likely N-dealkylation sites (tertiary alicyclic amines) is 1. The smallest absolute Gasteiger partial charge is 0.296 e. The molecule has 172 valence electrons. The van der Waals surface area contributed by atoms with Crippen molar-refractivity contribution in [3.63, 3.8) is 0 Å². The highest BCUT2D eigenvalue weighted by molar-refractivity contribution is 6.50. The fraction of sp³-hybridized carbons (Fsp3) is 0.320. The summed E-state index contributed by atoms with van der Waals surface area (Å²) in [5, 5.41) is 11.3. The predicted molar refractivity (Wildman–Crippen MR) is 122 cm³/mol. The van der Waals surface area contributed by atoms with Gasteiger partial charge in [0.2, 0.25) is 0 Å². The quantitative estimate of drug-likeness (QED) is 0.302. The van der Waals surface area contributed by atoms with Crippen LogP contribution in [0.2, 0.25) is 0 Å². The summed E-state index contributed by atoms with van der Waals surface area (Å²) in [6, 6.07) is 13.5. The Morgan fingerprint density at radius 3 is 2.36 bits per heavy atom. The van der Waals surface area contributed by atoms with Crippen LogP contribution in [0.15, 0.2) is 54.1 Å². The molecule has 1 atom stereocenters. The van der Waals surface area contributed by atoms with Crippen molar-refractivity contribution in [1.82, 2.24) is 4.90 Å². The number of nitrogens with zero attached hydrogens (tertiary/aromatic N) is 2. The number of hydrogen-bond acceptors (Lipinski definition) is 6. The summed E-state index contributed by atoms with van der Waals surface area (Å²) < 4.78 is 10.3. The second-order valence-corrected chi connectivity index (χ2v) is 7.86. The van der Waals surface area contributed by atoms with Crippen LogP contribution >= 0.6 is 0 Å². The lowest BCUT2D eigenvalue weighted by molar-refractivity contribution is -0.143. The van der Waals surface area contributed by atoms with Gasteiger partial charge in [-0.25, -0.2) is 0 Å². The first-order valence-corrected chi connectivity index (χ1v) is 10.8. The van der Waals surface area contributed by atoms with E-state index < -0.39 is 28.9 Å². The number of likely N-dealkylation sites (N-methyl/N-ethyl adjacent to an activating group) is 1. The number of aliphatic hydroxyl groups is 1. The molecule has 2 heterocycles. The number of anilines is 1. The van der Waals surface area contributed by atoms with Crippen LogP contribution in [0.3, 0.4) is 0 Å². The zero-order chi connectivity index (χ0) is 23.8. The lowest BCUT2D eigenvalue weighted by atomic mass is 9.82. The number of benzene rings is 2. The van der Waals surface area contributed by atoms with Gasteiger partial charge in [0.05, 0.1) is 18.4 Å². The lowest BCUT2D eigenvalue weighted by Gasteiger charge is -2.34. The van der Waals surface area contributed by atoms with E-state index in [9.17, 15) is 19.5 Å². The van der Waals surface area contributed by atoms with Crippen molar-refractivity contribution in [3.05, 3.63) is 65.2 Å². The third-order valence-corrected chi connectivity index (χ3v) is 6.22. The molecule has 0 radical (unpaired) electrons. The van der Waals surface area contributed by atoms with Crippen LogP contribution in [0.25, 0.3) is 5.76 Å². The number of amides is 2. The first kappa shape index (κ1) is 22.5. The Kier molecular flexibility index (Phi) is 5.95. The van der Waals surface area contributed by atoms with E-state index in [1.807, 2.05) is 6.92 Å². The average molecular weight is 450 g/mol. The summed E-state index contributed by atoms with van der Waals surface area (Å²) in [5.74, 6) is -1.96. The number of hydrogen-bond donors (Lipinski definition) is 1. The van der Waals surface area contributed by atoms with E-state index >= 15 is 0 Å². The number of carbonyl (C=O) groups excluding carboxylic acids is 3. The van der Waals surface area contributed by atoms with Crippen LogP contribution in [0.5, 0.6) is 5.75 Å². The van der Waals surface area contributed by atoms with E-state index in [1.165, 1.54) is 12.0 Å². The molecule has 2 aliphatic rings. The number of methoxy groups -OCH3 is 2. The van der Waals surface area contributed by atoms with Crippen LogP contribution in [0.1, 0.15) is 24.5 Å². The second-order valence-electron chi connectivity index (χ2n) is 7.86. The van der Waals surface area contributed by atoms with E-state index in [0.29, 0.717) is 42.1 Å². The van der Waals surface area contributed by atoms with Crippen molar-refractivity contribution >= 4 is 29.0 Å². The highest BCUT2D eigenvalue weighted by Gasteiger charge is 2.66. The van der Waals surface area contributed by atoms with E-state index in [0.717, 1.165) is 0 Å². The number of carbonyl (C=O) groups is 3. The van der Waals surface area contributed by atoms with E-state index in [2.05, 4.69) is 0 Å². The monoisotopic (exact) mass is 450 g/mol. The summed E-state index contributed by atoms with van der Waals surface area (Å²) in [4.78, 5) is 43.4. The molecule has 0 aromatic heterocycles. The fourth-order valence-electron chi connectivity index (χ4n) is 4.74. The van der Waals surface area contributed by atoms with Gasteiger partial charge in [-0.2, -0.15) is 0 Å². The zero-order valence-corrected chi connectivity index (χ0v) is 18.8. The van der Waals surface area contributed by atoms with E-state index in [4.69, 9.17) is 9.47 Å². The summed E-state index contributed by atoms with van der Waals surface area (Å²) in [7, 11) is 3.06. The minimum absolute atomic E-state index is 0.120. The molecule has 0 bridgehead atoms. The van der Waals surface area contributed by atoms with Gasteiger partial charge in [0, 0.05) is 37.9 Å². The molecule has 2 aromatic rings. The van der Waals surface area contributed by atoms with Crippen LogP contribution in [-0.4, -0.2) is 61.5 Å². The van der Waals surface area contributed by atoms with Gasteiger partial charge in [-0.1, -0.05) is 18.2 Å². The summed E-state index contributed by atoms with van der Waals surface area (Å²) in [5.41, 5.74) is -0.528. The third kappa shape index (κ3) is 3.21. The summed E-state index contributed by atoms with van der Waals surface area (Å²) in [6.07, 6.45) is 0.426. The van der Waals surface area contributed by atoms with Gasteiger partial charge in [0.25, 0.3) is 17.6 Å². The highest BCUT2D eigenvalue weighted by Crippen LogP contribution is 2.53. The van der Waals surface area contributed by atoms with Gasteiger partial charge < -0.3 is 24.4 Å². The van der Waals surface area contributed by atoms with Crippen molar-refractivity contribution < 1.29 is 29.0 Å². The van der Waals surface area contributed by atoms with Crippen molar-refractivity contribution in [2.24, 2.45) is 0 Å². The Labute approximate surface area is 192 Å². The number of fused-ring (bicyclic) bond motifs is 2. The second kappa shape index (κ2) is 8.71. The van der Waals surface area contributed by atoms with E-state index in [-0.39, 0.29) is 12.1 Å². The topological polar surface area (TPSA) is 96.4 Å². The molecule has 1 unspecified atom stereocenters. The highest BCUT2D eigenvalue weighted by atomic mass is 16.5. The number of para-hydroxylation sites is 1. The molecule has 2 aromatic carbocycles. The van der Waals surface area contributed by atoms with Crippen LogP contribution < -0.4 is 9.64 Å². The molecule has 0 aliphatic carbocycles. The molecule has 33 heavy (non-hydrogen) atoms.